The number of rotatable bonds is 6. The Labute approximate surface area is 128 Å². The summed E-state index contributed by atoms with van der Waals surface area (Å²) in [6.07, 6.45) is 1.16. The molecule has 3 N–H and O–H groups in total. The standard InChI is InChI=1S/C16H18ClFN2O/c1-21-15-4-2-3-11(8-15)7-14(20-19)9-12-5-6-13(17)10-16(12)18/h2-6,8,10,14,20H,7,9,19H2,1H3. The summed E-state index contributed by atoms with van der Waals surface area (Å²) in [5.41, 5.74) is 4.40. The van der Waals surface area contributed by atoms with Crippen molar-refractivity contribution in [3.8, 4) is 5.75 Å². The van der Waals surface area contributed by atoms with E-state index in [9.17, 15) is 4.39 Å². The third-order valence-electron chi connectivity index (χ3n) is 3.33. The summed E-state index contributed by atoms with van der Waals surface area (Å²) in [7, 11) is 1.63. The number of nitrogens with two attached hydrogens (primary N) is 1. The molecule has 0 aliphatic carbocycles. The molecule has 1 unspecified atom stereocenters. The fourth-order valence-corrected chi connectivity index (χ4v) is 2.39. The van der Waals surface area contributed by atoms with Gasteiger partial charge < -0.3 is 4.74 Å². The Morgan fingerprint density at radius 1 is 1.24 bits per heavy atom. The second-order valence-corrected chi connectivity index (χ2v) is 5.30. The molecule has 3 nitrogen and oxygen atoms in total. The summed E-state index contributed by atoms with van der Waals surface area (Å²) in [6, 6.07) is 12.3. The van der Waals surface area contributed by atoms with Gasteiger partial charge >= 0.3 is 0 Å². The summed E-state index contributed by atoms with van der Waals surface area (Å²) < 4.78 is 19.0. The van der Waals surface area contributed by atoms with Crippen LogP contribution >= 0.6 is 11.6 Å². The molecular weight excluding hydrogens is 291 g/mol. The van der Waals surface area contributed by atoms with E-state index in [4.69, 9.17) is 22.2 Å². The van der Waals surface area contributed by atoms with Gasteiger partial charge in [0.15, 0.2) is 0 Å². The number of ether oxygens (including phenoxy) is 1. The average Bonchev–Trinajstić information content (AvgIpc) is 2.49. The zero-order valence-corrected chi connectivity index (χ0v) is 12.5. The quantitative estimate of drug-likeness (QED) is 0.637. The first-order valence-corrected chi connectivity index (χ1v) is 7.03. The highest BCUT2D eigenvalue weighted by atomic mass is 35.5. The third-order valence-corrected chi connectivity index (χ3v) is 3.57. The van der Waals surface area contributed by atoms with Crippen LogP contribution in [0.4, 0.5) is 4.39 Å². The third kappa shape index (κ3) is 4.43. The number of nitrogens with one attached hydrogen (secondary N) is 1. The molecular formula is C16H18ClFN2O. The monoisotopic (exact) mass is 308 g/mol. The SMILES string of the molecule is COc1cccc(CC(Cc2ccc(Cl)cc2F)NN)c1. The van der Waals surface area contributed by atoms with Crippen molar-refractivity contribution in [1.29, 1.82) is 0 Å². The van der Waals surface area contributed by atoms with Crippen LogP contribution in [0.3, 0.4) is 0 Å². The molecule has 0 aliphatic rings. The van der Waals surface area contributed by atoms with Gasteiger partial charge in [-0.15, -0.1) is 0 Å². The number of halogens is 2. The summed E-state index contributed by atoms with van der Waals surface area (Å²) in [5.74, 6) is 6.07. The van der Waals surface area contributed by atoms with Crippen LogP contribution in [-0.4, -0.2) is 13.2 Å². The highest BCUT2D eigenvalue weighted by Gasteiger charge is 2.12. The van der Waals surface area contributed by atoms with Crippen LogP contribution in [0.25, 0.3) is 0 Å². The molecule has 21 heavy (non-hydrogen) atoms. The molecule has 2 rings (SSSR count). The van der Waals surface area contributed by atoms with Crippen molar-refractivity contribution in [1.82, 2.24) is 5.43 Å². The van der Waals surface area contributed by atoms with Crippen molar-refractivity contribution in [2.24, 2.45) is 5.84 Å². The predicted molar refractivity (Wildman–Crippen MR) is 82.9 cm³/mol. The lowest BCUT2D eigenvalue weighted by Gasteiger charge is -2.17. The Kier molecular flexibility index (Phi) is 5.56. The van der Waals surface area contributed by atoms with Gasteiger partial charge in [0.25, 0.3) is 0 Å². The molecule has 0 saturated heterocycles. The number of hydrazine groups is 1. The Balaban J connectivity index is 2.09. The summed E-state index contributed by atoms with van der Waals surface area (Å²) in [5, 5.41) is 0.390. The minimum atomic E-state index is -0.312. The van der Waals surface area contributed by atoms with E-state index in [1.54, 1.807) is 19.2 Å². The van der Waals surface area contributed by atoms with Gasteiger partial charge in [-0.05, 0) is 48.2 Å². The van der Waals surface area contributed by atoms with E-state index in [1.807, 2.05) is 24.3 Å². The van der Waals surface area contributed by atoms with Crippen LogP contribution in [0.1, 0.15) is 11.1 Å². The van der Waals surface area contributed by atoms with Crippen LogP contribution in [0.5, 0.6) is 5.75 Å². The maximum Gasteiger partial charge on any atom is 0.127 e. The molecule has 112 valence electrons. The molecule has 0 spiro atoms. The fourth-order valence-electron chi connectivity index (χ4n) is 2.23. The van der Waals surface area contributed by atoms with Crippen LogP contribution < -0.4 is 16.0 Å². The van der Waals surface area contributed by atoms with E-state index in [0.717, 1.165) is 11.3 Å². The minimum Gasteiger partial charge on any atom is -0.497 e. The topological polar surface area (TPSA) is 47.3 Å². The van der Waals surface area contributed by atoms with Gasteiger partial charge in [-0.3, -0.25) is 11.3 Å². The highest BCUT2D eigenvalue weighted by molar-refractivity contribution is 6.30. The van der Waals surface area contributed by atoms with Crippen molar-refractivity contribution >= 4 is 11.6 Å². The maximum absolute atomic E-state index is 13.8. The molecule has 5 heteroatoms. The number of hydrogen-bond acceptors (Lipinski definition) is 3. The number of hydrogen-bond donors (Lipinski definition) is 2. The lowest BCUT2D eigenvalue weighted by atomic mass is 9.99. The molecule has 2 aromatic carbocycles. The minimum absolute atomic E-state index is 0.0761. The van der Waals surface area contributed by atoms with Gasteiger partial charge in [0.05, 0.1) is 7.11 Å². The molecule has 1 atom stereocenters. The number of benzene rings is 2. The van der Waals surface area contributed by atoms with E-state index in [0.29, 0.717) is 23.4 Å². The van der Waals surface area contributed by atoms with Gasteiger partial charge in [0.2, 0.25) is 0 Å². The number of methoxy groups -OCH3 is 1. The van der Waals surface area contributed by atoms with Crippen LogP contribution in [0.2, 0.25) is 5.02 Å². The van der Waals surface area contributed by atoms with E-state index < -0.39 is 0 Å². The summed E-state index contributed by atoms with van der Waals surface area (Å²) in [6.45, 7) is 0. The fraction of sp³-hybridized carbons (Fsp3) is 0.250. The molecule has 0 fully saturated rings. The lowest BCUT2D eigenvalue weighted by molar-refractivity contribution is 0.413. The first kappa shape index (κ1) is 15.8. The van der Waals surface area contributed by atoms with E-state index in [-0.39, 0.29) is 11.9 Å². The Morgan fingerprint density at radius 2 is 2.05 bits per heavy atom. The average molecular weight is 309 g/mol. The second kappa shape index (κ2) is 7.41. The summed E-state index contributed by atoms with van der Waals surface area (Å²) >= 11 is 5.76. The van der Waals surface area contributed by atoms with Crippen LogP contribution in [0, 0.1) is 5.82 Å². The van der Waals surface area contributed by atoms with Gasteiger partial charge in [-0.2, -0.15) is 0 Å². The van der Waals surface area contributed by atoms with E-state index in [1.165, 1.54) is 6.07 Å². The van der Waals surface area contributed by atoms with Crippen molar-refractivity contribution in [3.05, 3.63) is 64.4 Å². The van der Waals surface area contributed by atoms with Crippen molar-refractivity contribution in [3.63, 3.8) is 0 Å². The van der Waals surface area contributed by atoms with Crippen molar-refractivity contribution in [2.75, 3.05) is 7.11 Å². The van der Waals surface area contributed by atoms with Gasteiger partial charge in [-0.1, -0.05) is 29.8 Å². The normalized spacial score (nSPS) is 12.2. The molecule has 0 aliphatic heterocycles. The van der Waals surface area contributed by atoms with Crippen molar-refractivity contribution < 1.29 is 9.13 Å². The maximum atomic E-state index is 13.8. The lowest BCUT2D eigenvalue weighted by Crippen LogP contribution is -2.38. The molecule has 2 aromatic rings. The Hall–Kier alpha value is -1.62. The zero-order chi connectivity index (χ0) is 15.2. The molecule has 0 bridgehead atoms. The molecule has 0 amide bonds. The van der Waals surface area contributed by atoms with E-state index in [2.05, 4.69) is 5.43 Å². The van der Waals surface area contributed by atoms with Gasteiger partial charge in [-0.25, -0.2) is 4.39 Å². The highest BCUT2D eigenvalue weighted by Crippen LogP contribution is 2.18. The summed E-state index contributed by atoms with van der Waals surface area (Å²) in [4.78, 5) is 0. The van der Waals surface area contributed by atoms with E-state index >= 15 is 0 Å². The second-order valence-electron chi connectivity index (χ2n) is 4.86. The molecule has 0 aromatic heterocycles. The Bertz CT molecular complexity index is 607. The largest absolute Gasteiger partial charge is 0.497 e. The smallest absolute Gasteiger partial charge is 0.127 e. The van der Waals surface area contributed by atoms with Crippen LogP contribution in [0.15, 0.2) is 42.5 Å². The zero-order valence-electron chi connectivity index (χ0n) is 11.8. The predicted octanol–water partition coefficient (Wildman–Crippen LogP) is 3.10. The first-order valence-electron chi connectivity index (χ1n) is 6.65. The van der Waals surface area contributed by atoms with Crippen LogP contribution in [-0.2, 0) is 12.8 Å². The molecule has 0 saturated carbocycles. The first-order chi connectivity index (χ1) is 10.1. The van der Waals surface area contributed by atoms with Crippen molar-refractivity contribution in [2.45, 2.75) is 18.9 Å². The molecule has 0 radical (unpaired) electrons. The van der Waals surface area contributed by atoms with Gasteiger partial charge in [0, 0.05) is 11.1 Å². The molecule has 0 heterocycles. The Morgan fingerprint density at radius 3 is 2.71 bits per heavy atom. The van der Waals surface area contributed by atoms with Gasteiger partial charge in [0.1, 0.15) is 11.6 Å².